The zero-order valence-corrected chi connectivity index (χ0v) is 46.7. The van der Waals surface area contributed by atoms with E-state index in [0.717, 1.165) is 51.4 Å². The first kappa shape index (κ1) is 67.8. The van der Waals surface area contributed by atoms with E-state index in [2.05, 4.69) is 55.6 Å². The highest BCUT2D eigenvalue weighted by Gasteiger charge is 2.18. The fraction of sp³-hybridized carbons (Fsp3) is 0.844. The zero-order valence-electron chi connectivity index (χ0n) is 46.7. The van der Waals surface area contributed by atoms with Gasteiger partial charge in [-0.1, -0.05) is 268 Å². The molecule has 6 nitrogen and oxygen atoms in total. The molecule has 6 heteroatoms. The number of carbonyl (C=O) groups is 2. The van der Waals surface area contributed by atoms with E-state index in [0.29, 0.717) is 19.4 Å². The van der Waals surface area contributed by atoms with Crippen molar-refractivity contribution < 1.29 is 24.5 Å². The molecule has 0 radical (unpaired) electrons. The fourth-order valence-corrected chi connectivity index (χ4v) is 9.31. The maximum absolute atomic E-state index is 12.4. The number of allylic oxidation sites excluding steroid dienone is 7. The Labute approximate surface area is 436 Å². The molecule has 1 amide bonds. The van der Waals surface area contributed by atoms with Gasteiger partial charge in [0.1, 0.15) is 0 Å². The summed E-state index contributed by atoms with van der Waals surface area (Å²) >= 11 is 0. The van der Waals surface area contributed by atoms with Crippen molar-refractivity contribution in [1.29, 1.82) is 0 Å². The second-order valence-corrected chi connectivity index (χ2v) is 21.0. The van der Waals surface area contributed by atoms with E-state index in [4.69, 9.17) is 4.74 Å². The third kappa shape index (κ3) is 55.1. The molecule has 2 atom stereocenters. The Morgan fingerprint density at radius 1 is 0.400 bits per heavy atom. The Hall–Kier alpha value is -2.18. The minimum Gasteiger partial charge on any atom is -0.466 e. The van der Waals surface area contributed by atoms with Crippen LogP contribution in [0.1, 0.15) is 322 Å². The first-order chi connectivity index (χ1) is 34.5. The second-order valence-electron chi connectivity index (χ2n) is 21.0. The van der Waals surface area contributed by atoms with Crippen LogP contribution in [-0.2, 0) is 14.3 Å². The van der Waals surface area contributed by atoms with Crippen LogP contribution in [-0.4, -0.2) is 47.4 Å². The Bertz CT molecular complexity index is 1180. The zero-order chi connectivity index (χ0) is 50.7. The maximum atomic E-state index is 12.4. The number of carbonyl (C=O) groups excluding carboxylic acids is 2. The number of amides is 1. The first-order valence-corrected chi connectivity index (χ1v) is 30.9. The van der Waals surface area contributed by atoms with Gasteiger partial charge in [0.15, 0.2) is 0 Å². The standard InChI is InChI=1S/C64H119NO5/c1-3-5-7-9-11-13-14-34-38-42-46-50-54-58-64(69)70-59-55-51-47-43-39-36-33-31-29-27-25-23-21-19-17-15-16-18-20-22-24-26-28-30-32-35-37-41-45-49-53-57-63(68)65-61(60-66)62(67)56-52-48-44-40-12-10-8-6-4-2/h13-14,17,19,23,25,52,56,61-62,66-67H,3-12,15-16,18,20-22,24,26-51,53-55,57-60H2,1-2H3,(H,65,68)/b14-13-,19-17-,25-23-,56-52+. The number of nitrogens with one attached hydrogen (secondary N) is 1. The summed E-state index contributed by atoms with van der Waals surface area (Å²) in [7, 11) is 0. The average Bonchev–Trinajstić information content (AvgIpc) is 3.36. The van der Waals surface area contributed by atoms with Gasteiger partial charge in [0.05, 0.1) is 25.4 Å². The lowest BCUT2D eigenvalue weighted by molar-refractivity contribution is -0.143. The fourth-order valence-electron chi connectivity index (χ4n) is 9.31. The molecule has 0 saturated carbocycles. The van der Waals surface area contributed by atoms with Gasteiger partial charge < -0.3 is 20.3 Å². The number of aliphatic hydroxyl groups is 2. The molecule has 0 heterocycles. The minimum absolute atomic E-state index is 0.00309. The highest BCUT2D eigenvalue weighted by molar-refractivity contribution is 5.76. The van der Waals surface area contributed by atoms with Crippen molar-refractivity contribution in [3.05, 3.63) is 48.6 Å². The monoisotopic (exact) mass is 982 g/mol. The summed E-state index contributed by atoms with van der Waals surface area (Å²) in [4.78, 5) is 24.4. The van der Waals surface area contributed by atoms with E-state index >= 15 is 0 Å². The van der Waals surface area contributed by atoms with E-state index in [-0.39, 0.29) is 18.5 Å². The van der Waals surface area contributed by atoms with Crippen LogP contribution in [0.4, 0.5) is 0 Å². The molecule has 410 valence electrons. The number of hydrogen-bond donors (Lipinski definition) is 3. The number of aliphatic hydroxyl groups excluding tert-OH is 2. The van der Waals surface area contributed by atoms with Crippen molar-refractivity contribution in [3.8, 4) is 0 Å². The van der Waals surface area contributed by atoms with Gasteiger partial charge in [-0.2, -0.15) is 0 Å². The van der Waals surface area contributed by atoms with Crippen LogP contribution < -0.4 is 5.32 Å². The smallest absolute Gasteiger partial charge is 0.305 e. The highest BCUT2D eigenvalue weighted by atomic mass is 16.5. The predicted molar refractivity (Wildman–Crippen MR) is 306 cm³/mol. The van der Waals surface area contributed by atoms with Crippen molar-refractivity contribution in [3.63, 3.8) is 0 Å². The summed E-state index contributed by atoms with van der Waals surface area (Å²) < 4.78 is 5.47. The van der Waals surface area contributed by atoms with Crippen molar-refractivity contribution in [2.24, 2.45) is 0 Å². The lowest BCUT2D eigenvalue weighted by Crippen LogP contribution is -2.45. The lowest BCUT2D eigenvalue weighted by atomic mass is 10.0. The van der Waals surface area contributed by atoms with Crippen LogP contribution in [0, 0.1) is 0 Å². The van der Waals surface area contributed by atoms with Crippen molar-refractivity contribution in [2.75, 3.05) is 13.2 Å². The summed E-state index contributed by atoms with van der Waals surface area (Å²) in [5.74, 6) is -0.0670. The van der Waals surface area contributed by atoms with E-state index in [1.807, 2.05) is 6.08 Å². The molecular weight excluding hydrogens is 863 g/mol. The molecule has 0 spiro atoms. The van der Waals surface area contributed by atoms with Crippen molar-refractivity contribution in [2.45, 2.75) is 334 Å². The van der Waals surface area contributed by atoms with Gasteiger partial charge in [-0.15, -0.1) is 0 Å². The molecule has 70 heavy (non-hydrogen) atoms. The number of ether oxygens (including phenoxy) is 1. The molecule has 0 aromatic heterocycles. The van der Waals surface area contributed by atoms with Crippen LogP contribution in [0.15, 0.2) is 48.6 Å². The van der Waals surface area contributed by atoms with Gasteiger partial charge in [0.2, 0.25) is 5.91 Å². The SMILES string of the molecule is CCCCCC/C=C\CCCCCCCC(=O)OCCCCCCCCCCC/C=C\C/C=C\CCCCCCCCCCCCCCCCCC(=O)NC(CO)C(O)/C=C/CCCCCCCCC. The molecule has 0 saturated heterocycles. The van der Waals surface area contributed by atoms with Crippen LogP contribution in [0.3, 0.4) is 0 Å². The van der Waals surface area contributed by atoms with Crippen LogP contribution >= 0.6 is 0 Å². The Morgan fingerprint density at radius 2 is 0.714 bits per heavy atom. The van der Waals surface area contributed by atoms with Crippen LogP contribution in [0.5, 0.6) is 0 Å². The predicted octanol–water partition coefficient (Wildman–Crippen LogP) is 19.4. The molecule has 0 aliphatic heterocycles. The highest BCUT2D eigenvalue weighted by Crippen LogP contribution is 2.16. The number of esters is 1. The summed E-state index contributed by atoms with van der Waals surface area (Å²) in [6.45, 7) is 4.86. The normalized spacial score (nSPS) is 12.9. The number of hydrogen-bond acceptors (Lipinski definition) is 5. The average molecular weight is 983 g/mol. The van der Waals surface area contributed by atoms with E-state index in [1.54, 1.807) is 6.08 Å². The molecule has 0 aliphatic rings. The summed E-state index contributed by atoms with van der Waals surface area (Å²) in [6, 6.07) is -0.625. The second kappa shape index (κ2) is 59.4. The van der Waals surface area contributed by atoms with Gasteiger partial charge in [-0.3, -0.25) is 9.59 Å². The molecule has 0 bridgehead atoms. The third-order valence-corrected chi connectivity index (χ3v) is 14.1. The van der Waals surface area contributed by atoms with Gasteiger partial charge in [0, 0.05) is 12.8 Å². The number of rotatable bonds is 57. The van der Waals surface area contributed by atoms with E-state index in [9.17, 15) is 19.8 Å². The molecule has 0 aliphatic carbocycles. The van der Waals surface area contributed by atoms with E-state index < -0.39 is 12.1 Å². The quantitative estimate of drug-likeness (QED) is 0.0321. The Morgan fingerprint density at radius 3 is 1.11 bits per heavy atom. The summed E-state index contributed by atoms with van der Waals surface area (Å²) in [5, 5.41) is 22.9. The minimum atomic E-state index is -0.842. The van der Waals surface area contributed by atoms with Crippen LogP contribution in [0.25, 0.3) is 0 Å². The summed E-state index contributed by atoms with van der Waals surface area (Å²) in [6.07, 6.45) is 76.0. The van der Waals surface area contributed by atoms with Crippen molar-refractivity contribution in [1.82, 2.24) is 5.32 Å². The van der Waals surface area contributed by atoms with Crippen molar-refractivity contribution >= 4 is 11.9 Å². The molecule has 2 unspecified atom stereocenters. The molecule has 0 aromatic carbocycles. The largest absolute Gasteiger partial charge is 0.466 e. The molecule has 0 aromatic rings. The van der Waals surface area contributed by atoms with Gasteiger partial charge >= 0.3 is 5.97 Å². The van der Waals surface area contributed by atoms with Gasteiger partial charge in [-0.25, -0.2) is 0 Å². The summed E-state index contributed by atoms with van der Waals surface area (Å²) in [5.41, 5.74) is 0. The first-order valence-electron chi connectivity index (χ1n) is 30.9. The topological polar surface area (TPSA) is 95.9 Å². The third-order valence-electron chi connectivity index (χ3n) is 14.1. The van der Waals surface area contributed by atoms with Gasteiger partial charge in [-0.05, 0) is 89.9 Å². The van der Waals surface area contributed by atoms with E-state index in [1.165, 1.54) is 244 Å². The molecule has 0 fully saturated rings. The van der Waals surface area contributed by atoms with Crippen LogP contribution in [0.2, 0.25) is 0 Å². The molecular formula is C64H119NO5. The van der Waals surface area contributed by atoms with Gasteiger partial charge in [0.25, 0.3) is 0 Å². The Kier molecular flexibility index (Phi) is 57.5. The number of unbranched alkanes of at least 4 members (excludes halogenated alkanes) is 40. The maximum Gasteiger partial charge on any atom is 0.305 e. The molecule has 3 N–H and O–H groups in total. The molecule has 0 rings (SSSR count). The Balaban J connectivity index is 3.39. The lowest BCUT2D eigenvalue weighted by Gasteiger charge is -2.20.